The molecule has 0 radical (unpaired) electrons. The minimum atomic E-state index is -0.924. The molecule has 0 bridgehead atoms. The fraction of sp³-hybridized carbons (Fsp3) is 0.125. The van der Waals surface area contributed by atoms with Crippen LogP contribution < -0.4 is 0 Å². The predicted molar refractivity (Wildman–Crippen MR) is 44.3 cm³/mol. The number of carboxylic acid groups (broad SMARTS) is 1. The van der Waals surface area contributed by atoms with E-state index in [2.05, 4.69) is 9.98 Å². The largest absolute Gasteiger partial charge is 0.478 e. The normalized spacial score (nSPS) is 19.5. The minimum absolute atomic E-state index is 0.293. The molecule has 2 heterocycles. The van der Waals surface area contributed by atoms with Crippen LogP contribution in [0.2, 0.25) is 0 Å². The molecule has 12 heavy (non-hydrogen) atoms. The predicted octanol–water partition coefficient (Wildman–Crippen LogP) is 0.768. The molecule has 0 aliphatic carbocycles. The number of hydrogen-bond acceptors (Lipinski definition) is 3. The van der Waals surface area contributed by atoms with Crippen LogP contribution in [0.1, 0.15) is 6.42 Å². The van der Waals surface area contributed by atoms with Crippen molar-refractivity contribution in [3.8, 4) is 0 Å². The van der Waals surface area contributed by atoms with Crippen molar-refractivity contribution in [2.75, 3.05) is 0 Å². The van der Waals surface area contributed by atoms with E-state index in [-0.39, 0.29) is 0 Å². The zero-order chi connectivity index (χ0) is 8.55. The summed E-state index contributed by atoms with van der Waals surface area (Å²) in [7, 11) is 0. The molecule has 0 aromatic carbocycles. The molecule has 0 fully saturated rings. The van der Waals surface area contributed by atoms with Crippen LogP contribution in [0.3, 0.4) is 0 Å². The Morgan fingerprint density at radius 3 is 3.08 bits per heavy atom. The van der Waals surface area contributed by atoms with Crippen molar-refractivity contribution in [3.63, 3.8) is 0 Å². The maximum Gasteiger partial charge on any atom is 0.333 e. The summed E-state index contributed by atoms with van der Waals surface area (Å²) in [6.45, 7) is 0. The first-order chi connectivity index (χ1) is 5.77. The molecule has 0 amide bonds. The third-order valence-electron chi connectivity index (χ3n) is 1.75. The second kappa shape index (κ2) is 2.41. The molecule has 0 atom stereocenters. The summed E-state index contributed by atoms with van der Waals surface area (Å²) >= 11 is 0. The average Bonchev–Trinajstić information content (AvgIpc) is 2.49. The molecule has 1 N–H and O–H groups in total. The van der Waals surface area contributed by atoms with Crippen LogP contribution in [0.25, 0.3) is 0 Å². The Balaban J connectivity index is 2.33. The number of carboxylic acids is 1. The van der Waals surface area contributed by atoms with Gasteiger partial charge in [0.15, 0.2) is 0 Å². The van der Waals surface area contributed by atoms with Crippen molar-refractivity contribution in [2.24, 2.45) is 9.98 Å². The zero-order valence-corrected chi connectivity index (χ0v) is 6.19. The van der Waals surface area contributed by atoms with Crippen LogP contribution in [0.4, 0.5) is 0 Å². The van der Waals surface area contributed by atoms with Crippen LogP contribution in [-0.2, 0) is 4.79 Å². The summed E-state index contributed by atoms with van der Waals surface area (Å²) in [5, 5.41) is 8.65. The number of aliphatic imine (C=N–C) groups is 2. The van der Waals surface area contributed by atoms with Gasteiger partial charge in [0, 0.05) is 18.8 Å². The van der Waals surface area contributed by atoms with E-state index in [9.17, 15) is 4.79 Å². The topological polar surface area (TPSA) is 62.0 Å². The Kier molecular flexibility index (Phi) is 1.40. The number of aliphatic carboxylic acids is 1. The van der Waals surface area contributed by atoms with Gasteiger partial charge in [-0.3, -0.25) is 9.98 Å². The number of nitrogens with zero attached hydrogens (tertiary/aromatic N) is 2. The SMILES string of the molecule is O=C(O)C1=CN=C2C=CN=C2C1. The maximum absolute atomic E-state index is 10.5. The lowest BCUT2D eigenvalue weighted by molar-refractivity contribution is -0.132. The highest BCUT2D eigenvalue weighted by molar-refractivity contribution is 6.49. The third-order valence-corrected chi connectivity index (χ3v) is 1.75. The van der Waals surface area contributed by atoms with E-state index in [0.29, 0.717) is 12.0 Å². The van der Waals surface area contributed by atoms with Gasteiger partial charge in [0.2, 0.25) is 0 Å². The van der Waals surface area contributed by atoms with E-state index >= 15 is 0 Å². The first kappa shape index (κ1) is 6.97. The molecule has 4 heteroatoms. The fourth-order valence-corrected chi connectivity index (χ4v) is 1.12. The molecule has 60 valence electrons. The number of fused-ring (bicyclic) bond motifs is 1. The molecule has 0 spiro atoms. The van der Waals surface area contributed by atoms with E-state index in [1.54, 1.807) is 12.3 Å². The van der Waals surface area contributed by atoms with Crippen LogP contribution in [0, 0.1) is 0 Å². The Morgan fingerprint density at radius 1 is 1.50 bits per heavy atom. The molecule has 0 aromatic heterocycles. The van der Waals surface area contributed by atoms with Gasteiger partial charge in [-0.15, -0.1) is 0 Å². The van der Waals surface area contributed by atoms with Crippen LogP contribution in [0.5, 0.6) is 0 Å². The Labute approximate surface area is 68.6 Å². The molecular weight excluding hydrogens is 156 g/mol. The average molecular weight is 162 g/mol. The first-order valence-corrected chi connectivity index (χ1v) is 3.51. The summed E-state index contributed by atoms with van der Waals surface area (Å²) in [5.74, 6) is -0.924. The highest BCUT2D eigenvalue weighted by atomic mass is 16.4. The van der Waals surface area contributed by atoms with Crippen LogP contribution >= 0.6 is 0 Å². The van der Waals surface area contributed by atoms with Gasteiger partial charge < -0.3 is 5.11 Å². The van der Waals surface area contributed by atoms with Crippen molar-refractivity contribution < 1.29 is 9.90 Å². The van der Waals surface area contributed by atoms with E-state index < -0.39 is 5.97 Å². The van der Waals surface area contributed by atoms with Gasteiger partial charge in [0.25, 0.3) is 0 Å². The van der Waals surface area contributed by atoms with Gasteiger partial charge in [0.1, 0.15) is 0 Å². The monoisotopic (exact) mass is 162 g/mol. The fourth-order valence-electron chi connectivity index (χ4n) is 1.12. The highest BCUT2D eigenvalue weighted by Gasteiger charge is 2.19. The van der Waals surface area contributed by atoms with Gasteiger partial charge in [-0.05, 0) is 6.08 Å². The second-order valence-corrected chi connectivity index (χ2v) is 2.54. The van der Waals surface area contributed by atoms with Gasteiger partial charge in [-0.25, -0.2) is 4.79 Å². The quantitative estimate of drug-likeness (QED) is 0.618. The number of hydrogen-bond donors (Lipinski definition) is 1. The smallest absolute Gasteiger partial charge is 0.333 e. The van der Waals surface area contributed by atoms with Crippen molar-refractivity contribution in [2.45, 2.75) is 6.42 Å². The molecular formula is C8H6N2O2. The Bertz CT molecular complexity index is 361. The maximum atomic E-state index is 10.5. The van der Waals surface area contributed by atoms with Gasteiger partial charge in [-0.2, -0.15) is 0 Å². The van der Waals surface area contributed by atoms with Crippen LogP contribution in [0.15, 0.2) is 34.0 Å². The molecule has 0 unspecified atom stereocenters. The molecule has 0 saturated heterocycles. The summed E-state index contributed by atoms with van der Waals surface area (Å²) < 4.78 is 0. The van der Waals surface area contributed by atoms with Gasteiger partial charge >= 0.3 is 5.97 Å². The number of allylic oxidation sites excluding steroid dienone is 1. The molecule has 4 nitrogen and oxygen atoms in total. The summed E-state index contributed by atoms with van der Waals surface area (Å²) in [6.07, 6.45) is 5.16. The van der Waals surface area contributed by atoms with E-state index in [4.69, 9.17) is 5.11 Å². The standard InChI is InChI=1S/C8H6N2O2/c11-8(12)5-3-7-6(10-4-5)1-2-9-7/h1-2,4H,3H2,(H,11,12). The zero-order valence-electron chi connectivity index (χ0n) is 6.19. The molecule has 2 aliphatic rings. The lowest BCUT2D eigenvalue weighted by atomic mass is 10.0. The van der Waals surface area contributed by atoms with E-state index in [1.165, 1.54) is 6.20 Å². The number of carbonyl (C=O) groups is 1. The highest BCUT2D eigenvalue weighted by Crippen LogP contribution is 2.14. The molecule has 2 rings (SSSR count). The number of rotatable bonds is 1. The summed E-state index contributed by atoms with van der Waals surface area (Å²) in [4.78, 5) is 18.5. The third kappa shape index (κ3) is 0.972. The summed E-state index contributed by atoms with van der Waals surface area (Å²) in [6, 6.07) is 0. The molecule has 0 aromatic rings. The van der Waals surface area contributed by atoms with Crippen LogP contribution in [-0.4, -0.2) is 22.5 Å². The second-order valence-electron chi connectivity index (χ2n) is 2.54. The van der Waals surface area contributed by atoms with Gasteiger partial charge in [0.05, 0.1) is 17.0 Å². The first-order valence-electron chi connectivity index (χ1n) is 3.51. The van der Waals surface area contributed by atoms with E-state index in [0.717, 1.165) is 11.4 Å². The van der Waals surface area contributed by atoms with E-state index in [1.807, 2.05) is 0 Å². The van der Waals surface area contributed by atoms with Crippen molar-refractivity contribution in [3.05, 3.63) is 24.0 Å². The minimum Gasteiger partial charge on any atom is -0.478 e. The summed E-state index contributed by atoms with van der Waals surface area (Å²) in [5.41, 5.74) is 1.82. The van der Waals surface area contributed by atoms with Gasteiger partial charge in [-0.1, -0.05) is 0 Å². The lowest BCUT2D eigenvalue weighted by Gasteiger charge is -2.06. The van der Waals surface area contributed by atoms with Crippen molar-refractivity contribution in [1.82, 2.24) is 0 Å². The van der Waals surface area contributed by atoms with Crippen molar-refractivity contribution >= 4 is 17.4 Å². The Morgan fingerprint density at radius 2 is 2.33 bits per heavy atom. The molecule has 2 aliphatic heterocycles. The Hall–Kier alpha value is -1.71. The van der Waals surface area contributed by atoms with Crippen molar-refractivity contribution in [1.29, 1.82) is 0 Å². The molecule has 0 saturated carbocycles. The lowest BCUT2D eigenvalue weighted by Crippen LogP contribution is -2.16.